The highest BCUT2D eigenvalue weighted by Crippen LogP contribution is 2.53. The van der Waals surface area contributed by atoms with E-state index in [2.05, 4.69) is 148 Å². The lowest BCUT2D eigenvalue weighted by Crippen LogP contribution is -2.61. The van der Waals surface area contributed by atoms with Gasteiger partial charge in [-0.05, 0) is 128 Å². The fourth-order valence-electron chi connectivity index (χ4n) is 9.22. The summed E-state index contributed by atoms with van der Waals surface area (Å²) in [6.07, 6.45) is 8.61. The molecule has 2 nitrogen and oxygen atoms in total. The second kappa shape index (κ2) is 10.2. The van der Waals surface area contributed by atoms with Crippen LogP contribution in [0.3, 0.4) is 0 Å². The van der Waals surface area contributed by atoms with Gasteiger partial charge in [0.15, 0.2) is 0 Å². The monoisotopic (exact) mass is 652 g/mol. The molecule has 4 aliphatic rings. The lowest BCUT2D eigenvalue weighted by atomic mass is 9.33. The van der Waals surface area contributed by atoms with Crippen LogP contribution in [0, 0.1) is 18.3 Å². The second-order valence-corrected chi connectivity index (χ2v) is 19.8. The first-order valence-electron chi connectivity index (χ1n) is 18.2. The smallest absolute Gasteiger partial charge is 0.254 e. The number of rotatable bonds is 1. The second-order valence-electron chi connectivity index (χ2n) is 18.8. The SMILES string of the molecule is CC1=CC(C(C)(C)C)CC=C1N1c2cc(C)cc3c2B(c2ccc4c(c21)C(C)(C)CCC4(C)C)c1c(sc2ccc(C(C)(C)C)cc12)N3. The summed E-state index contributed by atoms with van der Waals surface area (Å²) in [4.78, 5) is 2.73. The lowest BCUT2D eigenvalue weighted by Gasteiger charge is -2.49. The fourth-order valence-corrected chi connectivity index (χ4v) is 10.4. The minimum atomic E-state index is 0.0608. The topological polar surface area (TPSA) is 15.3 Å². The molecule has 1 atom stereocenters. The molecule has 48 heavy (non-hydrogen) atoms. The predicted octanol–water partition coefficient (Wildman–Crippen LogP) is 10.8. The number of anilines is 4. The molecule has 0 amide bonds. The van der Waals surface area contributed by atoms with Crippen LogP contribution in [0.5, 0.6) is 0 Å². The van der Waals surface area contributed by atoms with E-state index in [4.69, 9.17) is 0 Å². The van der Waals surface area contributed by atoms with E-state index >= 15 is 0 Å². The zero-order valence-electron chi connectivity index (χ0n) is 31.3. The summed E-state index contributed by atoms with van der Waals surface area (Å²) in [5.41, 5.74) is 17.5. The molecule has 0 radical (unpaired) electrons. The molecule has 0 fully saturated rings. The van der Waals surface area contributed by atoms with Crippen LogP contribution < -0.4 is 26.6 Å². The Balaban J connectivity index is 1.48. The minimum Gasteiger partial charge on any atom is -0.348 e. The number of hydrogen-bond acceptors (Lipinski definition) is 3. The van der Waals surface area contributed by atoms with Gasteiger partial charge in [0.1, 0.15) is 0 Å². The Bertz CT molecular complexity index is 2090. The van der Waals surface area contributed by atoms with Gasteiger partial charge in [0.05, 0.1) is 5.00 Å². The molecule has 0 saturated heterocycles. The number of allylic oxidation sites excluding steroid dienone is 3. The third-order valence-corrected chi connectivity index (χ3v) is 13.4. The summed E-state index contributed by atoms with van der Waals surface area (Å²) in [5.74, 6) is 0.531. The van der Waals surface area contributed by atoms with E-state index in [0.717, 1.165) is 6.42 Å². The molecule has 8 rings (SSSR count). The van der Waals surface area contributed by atoms with Crippen molar-refractivity contribution in [2.75, 3.05) is 10.2 Å². The van der Waals surface area contributed by atoms with E-state index in [1.165, 1.54) is 89.3 Å². The van der Waals surface area contributed by atoms with Crippen LogP contribution in [0.1, 0.15) is 118 Å². The minimum absolute atomic E-state index is 0.0608. The molecule has 3 heterocycles. The number of aryl methyl sites for hydroxylation is 1. The summed E-state index contributed by atoms with van der Waals surface area (Å²) in [7, 11) is 0. The number of nitrogens with one attached hydrogen (secondary N) is 1. The van der Waals surface area contributed by atoms with Gasteiger partial charge in [0.2, 0.25) is 0 Å². The van der Waals surface area contributed by atoms with Gasteiger partial charge in [-0.15, -0.1) is 11.3 Å². The van der Waals surface area contributed by atoms with Crippen LogP contribution in [0.15, 0.2) is 65.9 Å². The molecule has 4 heteroatoms. The van der Waals surface area contributed by atoms with E-state index in [1.807, 2.05) is 11.3 Å². The maximum Gasteiger partial charge on any atom is 0.254 e. The molecule has 0 saturated carbocycles. The van der Waals surface area contributed by atoms with Gasteiger partial charge in [-0.2, -0.15) is 0 Å². The fraction of sp³-hybridized carbons (Fsp3) is 0.455. The lowest BCUT2D eigenvalue weighted by molar-refractivity contribution is 0.291. The summed E-state index contributed by atoms with van der Waals surface area (Å²) < 4.78 is 1.37. The number of fused-ring (bicyclic) bond motifs is 8. The Kier molecular flexibility index (Phi) is 6.77. The van der Waals surface area contributed by atoms with E-state index < -0.39 is 0 Å². The van der Waals surface area contributed by atoms with Crippen molar-refractivity contribution in [2.45, 2.75) is 119 Å². The zero-order valence-corrected chi connectivity index (χ0v) is 32.1. The number of hydrogen-bond donors (Lipinski definition) is 1. The molecular weight excluding hydrogens is 599 g/mol. The Hall–Kier alpha value is -3.24. The van der Waals surface area contributed by atoms with Crippen LogP contribution in [-0.4, -0.2) is 6.71 Å². The van der Waals surface area contributed by atoms with E-state index in [1.54, 1.807) is 5.56 Å². The van der Waals surface area contributed by atoms with Gasteiger partial charge in [-0.1, -0.05) is 106 Å². The van der Waals surface area contributed by atoms with Crippen molar-refractivity contribution >= 4 is 66.6 Å². The van der Waals surface area contributed by atoms with Gasteiger partial charge in [0, 0.05) is 27.5 Å². The third-order valence-electron chi connectivity index (χ3n) is 12.3. The van der Waals surface area contributed by atoms with Gasteiger partial charge in [-0.3, -0.25) is 0 Å². The first-order chi connectivity index (χ1) is 22.4. The van der Waals surface area contributed by atoms with Crippen LogP contribution in [-0.2, 0) is 16.2 Å². The molecule has 0 bridgehead atoms. The average Bonchev–Trinajstić information content (AvgIpc) is 3.35. The van der Waals surface area contributed by atoms with Crippen molar-refractivity contribution < 1.29 is 0 Å². The molecular formula is C44H53BN2S. The van der Waals surface area contributed by atoms with Crippen molar-refractivity contribution in [3.63, 3.8) is 0 Å². The summed E-state index contributed by atoms with van der Waals surface area (Å²) in [6, 6.07) is 17.2. The maximum absolute atomic E-state index is 4.01. The van der Waals surface area contributed by atoms with Gasteiger partial charge < -0.3 is 10.2 Å². The summed E-state index contributed by atoms with van der Waals surface area (Å²) in [6.45, 7) is 28.9. The van der Waals surface area contributed by atoms with E-state index in [0.29, 0.717) is 5.92 Å². The first-order valence-corrected chi connectivity index (χ1v) is 19.0. The normalized spacial score (nSPS) is 20.7. The van der Waals surface area contributed by atoms with Crippen LogP contribution in [0.2, 0.25) is 0 Å². The van der Waals surface area contributed by atoms with Crippen LogP contribution in [0.25, 0.3) is 10.1 Å². The summed E-state index contributed by atoms with van der Waals surface area (Å²) >= 11 is 1.93. The highest BCUT2D eigenvalue weighted by molar-refractivity contribution is 7.26. The molecule has 3 aromatic carbocycles. The van der Waals surface area contributed by atoms with Gasteiger partial charge >= 0.3 is 0 Å². The molecule has 1 unspecified atom stereocenters. The van der Waals surface area contributed by atoms with Crippen molar-refractivity contribution in [2.24, 2.45) is 11.3 Å². The number of nitrogens with zero attached hydrogens (tertiary/aromatic N) is 1. The van der Waals surface area contributed by atoms with Crippen molar-refractivity contribution in [1.82, 2.24) is 0 Å². The van der Waals surface area contributed by atoms with Crippen LogP contribution >= 0.6 is 11.3 Å². The molecule has 1 N–H and O–H groups in total. The van der Waals surface area contributed by atoms with E-state index in [9.17, 15) is 0 Å². The van der Waals surface area contributed by atoms with Crippen LogP contribution in [0.4, 0.5) is 22.1 Å². The molecule has 2 aliphatic heterocycles. The quantitative estimate of drug-likeness (QED) is 0.181. The van der Waals surface area contributed by atoms with E-state index in [-0.39, 0.29) is 28.4 Å². The van der Waals surface area contributed by atoms with Gasteiger partial charge in [0.25, 0.3) is 6.71 Å². The first kappa shape index (κ1) is 32.0. The molecule has 2 aliphatic carbocycles. The van der Waals surface area contributed by atoms with Crippen molar-refractivity contribution in [1.29, 1.82) is 0 Å². The standard InChI is InChI=1S/C44H53BN2S/c1-25-21-32-38-34(22-25)47(33-17-13-27(23-26(33)2)41(3,4)5)39-31(16-15-30-36(39)44(11,12)20-19-43(30,9)10)45(38)37-29-24-28(42(6,7)8)14-18-35(29)48-40(37)46-32/h14-18,21-24,27,46H,13,19-20H2,1-12H3. The Morgan fingerprint density at radius 3 is 2.29 bits per heavy atom. The molecule has 1 aromatic heterocycles. The number of benzene rings is 3. The zero-order chi connectivity index (χ0) is 34.3. The van der Waals surface area contributed by atoms with Crippen molar-refractivity contribution in [3.8, 4) is 0 Å². The highest BCUT2D eigenvalue weighted by Gasteiger charge is 2.48. The van der Waals surface area contributed by atoms with Crippen molar-refractivity contribution in [3.05, 3.63) is 88.1 Å². The average molecular weight is 653 g/mol. The summed E-state index contributed by atoms with van der Waals surface area (Å²) in [5, 5.41) is 6.73. The predicted molar refractivity (Wildman–Crippen MR) is 213 cm³/mol. The third kappa shape index (κ3) is 4.64. The van der Waals surface area contributed by atoms with Gasteiger partial charge in [-0.25, -0.2) is 0 Å². The maximum atomic E-state index is 4.01. The largest absolute Gasteiger partial charge is 0.348 e. The molecule has 0 spiro atoms. The molecule has 248 valence electrons. The highest BCUT2D eigenvalue weighted by atomic mass is 32.1. The number of thiophene rings is 1. The Morgan fingerprint density at radius 2 is 1.60 bits per heavy atom. The molecule has 4 aromatic rings. The Morgan fingerprint density at radius 1 is 0.875 bits per heavy atom. The Labute approximate surface area is 293 Å².